The lowest BCUT2D eigenvalue weighted by Crippen LogP contribution is -2.12. The summed E-state index contributed by atoms with van der Waals surface area (Å²) < 4.78 is 24.8. The summed E-state index contributed by atoms with van der Waals surface area (Å²) in [5.41, 5.74) is 3.64. The van der Waals surface area contributed by atoms with Crippen molar-refractivity contribution in [1.82, 2.24) is 0 Å². The summed E-state index contributed by atoms with van der Waals surface area (Å²) in [6, 6.07) is 8.60. The Morgan fingerprint density at radius 1 is 1.08 bits per heavy atom. The predicted molar refractivity (Wildman–Crippen MR) is 92.0 cm³/mol. The molecule has 128 valence electrons. The standard InChI is InChI=1S/C20H23FO3/c1-5-9-23-20(22)16-8-6-7-13(2)17(16)12-24-19-11-18(21)14(3)10-15(19)4/h6-8,10-11H,5,9,12H2,1-4H3. The molecule has 0 saturated carbocycles. The van der Waals surface area contributed by atoms with Crippen molar-refractivity contribution in [2.24, 2.45) is 0 Å². The van der Waals surface area contributed by atoms with Crippen LogP contribution in [0.3, 0.4) is 0 Å². The highest BCUT2D eigenvalue weighted by atomic mass is 19.1. The molecule has 0 spiro atoms. The summed E-state index contributed by atoms with van der Waals surface area (Å²) >= 11 is 0. The topological polar surface area (TPSA) is 35.5 Å². The molecule has 24 heavy (non-hydrogen) atoms. The lowest BCUT2D eigenvalue weighted by atomic mass is 10.0. The van der Waals surface area contributed by atoms with E-state index in [2.05, 4.69) is 0 Å². The molecule has 2 aromatic rings. The van der Waals surface area contributed by atoms with Gasteiger partial charge in [0.25, 0.3) is 0 Å². The Hall–Kier alpha value is -2.36. The second-order valence-electron chi connectivity index (χ2n) is 5.89. The van der Waals surface area contributed by atoms with Crippen LogP contribution in [-0.2, 0) is 11.3 Å². The first-order valence-electron chi connectivity index (χ1n) is 8.09. The van der Waals surface area contributed by atoms with Crippen LogP contribution < -0.4 is 4.74 Å². The van der Waals surface area contributed by atoms with Gasteiger partial charge in [0.1, 0.15) is 18.2 Å². The normalized spacial score (nSPS) is 10.5. The van der Waals surface area contributed by atoms with Crippen LogP contribution in [0.2, 0.25) is 0 Å². The van der Waals surface area contributed by atoms with Gasteiger partial charge in [-0.05, 0) is 56.0 Å². The molecule has 0 N–H and O–H groups in total. The second-order valence-corrected chi connectivity index (χ2v) is 5.89. The third-order valence-corrected chi connectivity index (χ3v) is 3.90. The average Bonchev–Trinajstić information content (AvgIpc) is 2.55. The first-order chi connectivity index (χ1) is 11.4. The lowest BCUT2D eigenvalue weighted by Gasteiger charge is -2.15. The summed E-state index contributed by atoms with van der Waals surface area (Å²) in [6.07, 6.45) is 0.769. The molecule has 0 fully saturated rings. The molecule has 3 nitrogen and oxygen atoms in total. The van der Waals surface area contributed by atoms with Crippen LogP contribution >= 0.6 is 0 Å². The summed E-state index contributed by atoms with van der Waals surface area (Å²) in [7, 11) is 0. The zero-order valence-electron chi connectivity index (χ0n) is 14.6. The van der Waals surface area contributed by atoms with Crippen LogP contribution in [-0.4, -0.2) is 12.6 Å². The highest BCUT2D eigenvalue weighted by Gasteiger charge is 2.15. The second kappa shape index (κ2) is 7.95. The van der Waals surface area contributed by atoms with E-state index in [0.717, 1.165) is 23.1 Å². The van der Waals surface area contributed by atoms with Crippen molar-refractivity contribution in [3.05, 3.63) is 64.0 Å². The van der Waals surface area contributed by atoms with Crippen molar-refractivity contribution in [3.63, 3.8) is 0 Å². The van der Waals surface area contributed by atoms with Gasteiger partial charge in [0.15, 0.2) is 0 Å². The molecule has 4 heteroatoms. The summed E-state index contributed by atoms with van der Waals surface area (Å²) in [5.74, 6) is -0.178. The lowest BCUT2D eigenvalue weighted by molar-refractivity contribution is 0.0502. The molecule has 0 bridgehead atoms. The minimum atomic E-state index is -0.356. The number of carbonyl (C=O) groups excluding carboxylic acids is 1. The molecule has 0 heterocycles. The average molecular weight is 330 g/mol. The van der Waals surface area contributed by atoms with Gasteiger partial charge in [0.05, 0.1) is 12.2 Å². The maximum atomic E-state index is 13.8. The van der Waals surface area contributed by atoms with Gasteiger partial charge in [0, 0.05) is 11.6 Å². The summed E-state index contributed by atoms with van der Waals surface area (Å²) in [4.78, 5) is 12.2. The Balaban J connectivity index is 2.24. The molecule has 0 radical (unpaired) electrons. The van der Waals surface area contributed by atoms with Crippen molar-refractivity contribution in [2.45, 2.75) is 40.7 Å². The minimum absolute atomic E-state index is 0.187. The Morgan fingerprint density at radius 3 is 2.54 bits per heavy atom. The monoisotopic (exact) mass is 330 g/mol. The van der Waals surface area contributed by atoms with Crippen LogP contribution in [0.25, 0.3) is 0 Å². The molecule has 0 amide bonds. The molecule has 2 aromatic carbocycles. The fraction of sp³-hybridized carbons (Fsp3) is 0.350. The Morgan fingerprint density at radius 2 is 1.83 bits per heavy atom. The van der Waals surface area contributed by atoms with Crippen molar-refractivity contribution >= 4 is 5.97 Å². The van der Waals surface area contributed by atoms with Gasteiger partial charge in [0.2, 0.25) is 0 Å². The number of ether oxygens (including phenoxy) is 2. The molecular weight excluding hydrogens is 307 g/mol. The number of hydrogen-bond donors (Lipinski definition) is 0. The van der Waals surface area contributed by atoms with Gasteiger partial charge in [-0.2, -0.15) is 0 Å². The Bertz CT molecular complexity index is 738. The third-order valence-electron chi connectivity index (χ3n) is 3.90. The number of carbonyl (C=O) groups is 1. The van der Waals surface area contributed by atoms with E-state index >= 15 is 0 Å². The quantitative estimate of drug-likeness (QED) is 0.707. The SMILES string of the molecule is CCCOC(=O)c1cccc(C)c1COc1cc(F)c(C)cc1C. The van der Waals surface area contributed by atoms with Crippen molar-refractivity contribution in [2.75, 3.05) is 6.61 Å². The van der Waals surface area contributed by atoms with Gasteiger partial charge in [-0.15, -0.1) is 0 Å². The molecule has 0 aromatic heterocycles. The fourth-order valence-corrected chi connectivity index (χ4v) is 2.47. The number of benzene rings is 2. The molecule has 0 aliphatic rings. The summed E-state index contributed by atoms with van der Waals surface area (Å²) in [6.45, 7) is 8.02. The molecule has 0 aliphatic heterocycles. The Kier molecular flexibility index (Phi) is 5.96. The number of rotatable bonds is 6. The van der Waals surface area contributed by atoms with Crippen LogP contribution in [0.5, 0.6) is 5.75 Å². The molecular formula is C20H23FO3. The molecule has 0 aliphatic carbocycles. The van der Waals surface area contributed by atoms with E-state index in [9.17, 15) is 9.18 Å². The van der Waals surface area contributed by atoms with E-state index in [1.54, 1.807) is 19.1 Å². The third kappa shape index (κ3) is 4.13. The Labute approximate surface area is 142 Å². The fourth-order valence-electron chi connectivity index (χ4n) is 2.47. The van der Waals surface area contributed by atoms with Gasteiger partial charge in [-0.1, -0.05) is 19.1 Å². The van der Waals surface area contributed by atoms with Gasteiger partial charge >= 0.3 is 5.97 Å². The van der Waals surface area contributed by atoms with Crippen molar-refractivity contribution in [1.29, 1.82) is 0 Å². The first-order valence-corrected chi connectivity index (χ1v) is 8.09. The smallest absolute Gasteiger partial charge is 0.338 e. The van der Waals surface area contributed by atoms with Crippen LogP contribution in [0.4, 0.5) is 4.39 Å². The summed E-state index contributed by atoms with van der Waals surface area (Å²) in [5, 5.41) is 0. The van der Waals surface area contributed by atoms with Gasteiger partial charge in [-0.25, -0.2) is 9.18 Å². The number of aryl methyl sites for hydroxylation is 3. The zero-order valence-corrected chi connectivity index (χ0v) is 14.6. The van der Waals surface area contributed by atoms with E-state index in [4.69, 9.17) is 9.47 Å². The predicted octanol–water partition coefficient (Wildman–Crippen LogP) is 4.90. The van der Waals surface area contributed by atoms with E-state index in [0.29, 0.717) is 23.5 Å². The molecule has 0 saturated heterocycles. The minimum Gasteiger partial charge on any atom is -0.488 e. The van der Waals surface area contributed by atoms with Crippen LogP contribution in [0, 0.1) is 26.6 Å². The van der Waals surface area contributed by atoms with Crippen LogP contribution in [0.1, 0.15) is 46.0 Å². The number of hydrogen-bond acceptors (Lipinski definition) is 3. The number of esters is 1. The first kappa shape index (κ1) is 18.0. The maximum absolute atomic E-state index is 13.8. The van der Waals surface area contributed by atoms with Crippen molar-refractivity contribution < 1.29 is 18.7 Å². The molecule has 0 atom stereocenters. The van der Waals surface area contributed by atoms with E-state index in [1.165, 1.54) is 6.07 Å². The van der Waals surface area contributed by atoms with Crippen LogP contribution in [0.15, 0.2) is 30.3 Å². The number of halogens is 1. The van der Waals surface area contributed by atoms with Gasteiger partial charge < -0.3 is 9.47 Å². The highest BCUT2D eigenvalue weighted by Crippen LogP contribution is 2.24. The molecule has 0 unspecified atom stereocenters. The maximum Gasteiger partial charge on any atom is 0.338 e. The van der Waals surface area contributed by atoms with Gasteiger partial charge in [-0.3, -0.25) is 0 Å². The zero-order chi connectivity index (χ0) is 17.7. The van der Waals surface area contributed by atoms with E-state index in [1.807, 2.05) is 32.9 Å². The van der Waals surface area contributed by atoms with Crippen molar-refractivity contribution in [3.8, 4) is 5.75 Å². The molecule has 2 rings (SSSR count). The van der Waals surface area contributed by atoms with E-state index in [-0.39, 0.29) is 18.4 Å². The highest BCUT2D eigenvalue weighted by molar-refractivity contribution is 5.91. The largest absolute Gasteiger partial charge is 0.488 e. The van der Waals surface area contributed by atoms with E-state index < -0.39 is 0 Å².